The van der Waals surface area contributed by atoms with Crippen molar-refractivity contribution in [2.24, 2.45) is 7.05 Å². The van der Waals surface area contributed by atoms with Crippen molar-refractivity contribution in [3.8, 4) is 28.3 Å². The number of carboxylic acids is 1. The fourth-order valence-corrected chi connectivity index (χ4v) is 4.68. The zero-order valence-electron chi connectivity index (χ0n) is 20.4. The van der Waals surface area contributed by atoms with E-state index in [1.165, 1.54) is 12.4 Å². The van der Waals surface area contributed by atoms with Gasteiger partial charge < -0.3 is 15.2 Å². The van der Waals surface area contributed by atoms with Crippen molar-refractivity contribution in [2.75, 3.05) is 5.32 Å². The van der Waals surface area contributed by atoms with Crippen molar-refractivity contribution >= 4 is 17.6 Å². The van der Waals surface area contributed by atoms with Crippen molar-refractivity contribution in [3.05, 3.63) is 66.7 Å². The molecule has 0 radical (unpaired) electrons. The number of anilines is 2. The summed E-state index contributed by atoms with van der Waals surface area (Å²) in [5.74, 6) is -2.28. The zero-order chi connectivity index (χ0) is 26.5. The molecule has 194 valence electrons. The number of aryl methyl sites for hydroxylation is 1. The molecule has 2 saturated carbocycles. The Labute approximate surface area is 216 Å². The molecule has 38 heavy (non-hydrogen) atoms. The maximum absolute atomic E-state index is 13.1. The van der Waals surface area contributed by atoms with Gasteiger partial charge in [-0.25, -0.2) is 8.78 Å². The Balaban J connectivity index is 1.18. The number of ether oxygens (including phenoxy) is 1. The molecular formula is C27H24F2N6O3. The minimum Gasteiger partial charge on any atom is -0.481 e. The van der Waals surface area contributed by atoms with E-state index in [1.807, 2.05) is 36.4 Å². The third-order valence-electron chi connectivity index (χ3n) is 7.11. The smallest absolute Gasteiger partial charge is 0.314 e. The van der Waals surface area contributed by atoms with Gasteiger partial charge in [-0.15, -0.1) is 0 Å². The summed E-state index contributed by atoms with van der Waals surface area (Å²) >= 11 is 0. The summed E-state index contributed by atoms with van der Waals surface area (Å²) in [5, 5.41) is 17.0. The molecule has 3 heterocycles. The van der Waals surface area contributed by atoms with Gasteiger partial charge in [0.25, 0.3) is 5.92 Å². The largest absolute Gasteiger partial charge is 0.481 e. The number of hydrogen-bond donors (Lipinski definition) is 2. The topological polar surface area (TPSA) is 115 Å². The Hall–Kier alpha value is -4.41. The molecule has 2 aliphatic rings. The lowest BCUT2D eigenvalue weighted by Gasteiger charge is -2.34. The fraction of sp³-hybridized carbons (Fsp3) is 0.296. The van der Waals surface area contributed by atoms with Gasteiger partial charge in [0.1, 0.15) is 11.9 Å². The van der Waals surface area contributed by atoms with Gasteiger partial charge in [-0.2, -0.15) is 10.1 Å². The lowest BCUT2D eigenvalue weighted by Crippen LogP contribution is -2.43. The van der Waals surface area contributed by atoms with Crippen LogP contribution in [0.25, 0.3) is 22.4 Å². The van der Waals surface area contributed by atoms with Crippen molar-refractivity contribution < 1.29 is 23.4 Å². The van der Waals surface area contributed by atoms with Crippen LogP contribution < -0.4 is 10.1 Å². The van der Waals surface area contributed by atoms with Crippen LogP contribution in [0.5, 0.6) is 5.88 Å². The number of benzene rings is 1. The number of pyridine rings is 1. The van der Waals surface area contributed by atoms with Crippen LogP contribution in [0, 0.1) is 0 Å². The third kappa shape index (κ3) is 4.44. The summed E-state index contributed by atoms with van der Waals surface area (Å²) in [6.45, 7) is 0. The Morgan fingerprint density at radius 3 is 2.42 bits per heavy atom. The van der Waals surface area contributed by atoms with Gasteiger partial charge in [0.15, 0.2) is 5.82 Å². The number of carbonyl (C=O) groups is 1. The second-order valence-electron chi connectivity index (χ2n) is 9.80. The number of aromatic nitrogens is 5. The highest BCUT2D eigenvalue weighted by Crippen LogP contribution is 2.48. The van der Waals surface area contributed by atoms with Crippen LogP contribution in [0.3, 0.4) is 0 Å². The second kappa shape index (κ2) is 8.86. The number of halogens is 2. The number of nitrogens with zero attached hydrogens (tertiary/aromatic N) is 5. The van der Waals surface area contributed by atoms with Crippen LogP contribution in [0.2, 0.25) is 0 Å². The monoisotopic (exact) mass is 518 g/mol. The summed E-state index contributed by atoms with van der Waals surface area (Å²) in [7, 11) is 1.77. The molecule has 0 unspecified atom stereocenters. The molecule has 2 aliphatic carbocycles. The first kappa shape index (κ1) is 24.0. The number of carboxylic acid groups (broad SMARTS) is 1. The van der Waals surface area contributed by atoms with Crippen LogP contribution in [-0.2, 0) is 17.3 Å². The summed E-state index contributed by atoms with van der Waals surface area (Å²) in [6, 6.07) is 11.4. The lowest BCUT2D eigenvalue weighted by atomic mass is 9.91. The maximum Gasteiger partial charge on any atom is 0.314 e. The number of aliphatic carboxylic acids is 1. The van der Waals surface area contributed by atoms with Crippen molar-refractivity contribution in [1.29, 1.82) is 0 Å². The molecule has 3 aromatic heterocycles. The van der Waals surface area contributed by atoms with Crippen LogP contribution in [0.4, 0.5) is 20.4 Å². The van der Waals surface area contributed by atoms with Crippen LogP contribution in [-0.4, -0.2) is 47.8 Å². The Morgan fingerprint density at radius 1 is 1.05 bits per heavy atom. The molecule has 0 saturated heterocycles. The summed E-state index contributed by atoms with van der Waals surface area (Å²) < 4.78 is 33.4. The Kier molecular flexibility index (Phi) is 5.59. The van der Waals surface area contributed by atoms with Gasteiger partial charge in [0.2, 0.25) is 5.88 Å². The second-order valence-corrected chi connectivity index (χ2v) is 9.80. The minimum absolute atomic E-state index is 0.170. The van der Waals surface area contributed by atoms with Crippen molar-refractivity contribution in [3.63, 3.8) is 0 Å². The summed E-state index contributed by atoms with van der Waals surface area (Å²) in [5.41, 5.74) is 3.35. The quantitative estimate of drug-likeness (QED) is 0.336. The lowest BCUT2D eigenvalue weighted by molar-refractivity contribution is -0.140. The van der Waals surface area contributed by atoms with Gasteiger partial charge >= 0.3 is 5.97 Å². The molecule has 11 heteroatoms. The van der Waals surface area contributed by atoms with E-state index >= 15 is 0 Å². The number of hydrogen-bond acceptors (Lipinski definition) is 7. The van der Waals surface area contributed by atoms with E-state index in [-0.39, 0.29) is 18.7 Å². The molecule has 4 aromatic rings. The molecule has 2 fully saturated rings. The predicted molar refractivity (Wildman–Crippen MR) is 134 cm³/mol. The number of rotatable bonds is 8. The summed E-state index contributed by atoms with van der Waals surface area (Å²) in [4.78, 5) is 24.7. The zero-order valence-corrected chi connectivity index (χ0v) is 20.4. The minimum atomic E-state index is -2.68. The SMILES string of the molecule is Cn1ncc(-c2ccc(-c3ccc(C4(C(=O)O)CC4)cc3)cn2)c1Nc1cncc(OC2CC(F)(F)C2)n1. The van der Waals surface area contributed by atoms with E-state index in [1.54, 1.807) is 24.1 Å². The highest BCUT2D eigenvalue weighted by Gasteiger charge is 2.51. The van der Waals surface area contributed by atoms with E-state index < -0.39 is 23.4 Å². The van der Waals surface area contributed by atoms with E-state index in [9.17, 15) is 18.7 Å². The number of nitrogens with one attached hydrogen (secondary N) is 1. The summed E-state index contributed by atoms with van der Waals surface area (Å²) in [6.07, 6.45) is 6.45. The molecule has 1 aromatic carbocycles. The molecule has 0 bridgehead atoms. The molecule has 2 N–H and O–H groups in total. The maximum atomic E-state index is 13.1. The molecule has 0 atom stereocenters. The average Bonchev–Trinajstić information content (AvgIpc) is 3.63. The van der Waals surface area contributed by atoms with Gasteiger partial charge in [-0.05, 0) is 30.0 Å². The van der Waals surface area contributed by atoms with E-state index in [4.69, 9.17) is 4.74 Å². The van der Waals surface area contributed by atoms with Gasteiger partial charge in [0.05, 0.1) is 35.3 Å². The van der Waals surface area contributed by atoms with Gasteiger partial charge in [-0.3, -0.25) is 19.4 Å². The predicted octanol–water partition coefficient (Wildman–Crippen LogP) is 4.98. The average molecular weight is 519 g/mol. The van der Waals surface area contributed by atoms with Crippen molar-refractivity contribution in [1.82, 2.24) is 24.7 Å². The van der Waals surface area contributed by atoms with E-state index in [0.717, 1.165) is 22.3 Å². The molecule has 0 spiro atoms. The molecule has 9 nitrogen and oxygen atoms in total. The van der Waals surface area contributed by atoms with Crippen LogP contribution >= 0.6 is 0 Å². The molecular weight excluding hydrogens is 494 g/mol. The molecule has 0 aliphatic heterocycles. The van der Waals surface area contributed by atoms with Gasteiger partial charge in [-0.1, -0.05) is 30.3 Å². The number of alkyl halides is 2. The first-order chi connectivity index (χ1) is 18.2. The van der Waals surface area contributed by atoms with Crippen molar-refractivity contribution in [2.45, 2.75) is 43.1 Å². The Bertz CT molecular complexity index is 1490. The Morgan fingerprint density at radius 2 is 1.79 bits per heavy atom. The van der Waals surface area contributed by atoms with Crippen LogP contribution in [0.15, 0.2) is 61.2 Å². The first-order valence-electron chi connectivity index (χ1n) is 12.2. The highest BCUT2D eigenvalue weighted by molar-refractivity contribution is 5.85. The standard InChI is InChI=1S/C27H24F2N6O3/c1-35-24(34-22-14-30-15-23(33-22)38-19-10-27(28,29)11-19)20(13-32-35)21-7-4-17(12-31-21)16-2-5-18(6-3-16)26(8-9-26)25(36)37/h2-7,12-15,19H,8-11H2,1H3,(H,33,34)(H,36,37). The molecule has 0 amide bonds. The first-order valence-corrected chi connectivity index (χ1v) is 12.2. The molecule has 6 rings (SSSR count). The van der Waals surface area contributed by atoms with Gasteiger partial charge in [0, 0.05) is 31.6 Å². The third-order valence-corrected chi connectivity index (χ3v) is 7.11. The van der Waals surface area contributed by atoms with E-state index in [0.29, 0.717) is 30.2 Å². The fourth-order valence-electron chi connectivity index (χ4n) is 4.68. The normalized spacial score (nSPS) is 17.4. The van der Waals surface area contributed by atoms with Crippen LogP contribution in [0.1, 0.15) is 31.2 Å². The van der Waals surface area contributed by atoms with E-state index in [2.05, 4.69) is 25.4 Å². The highest BCUT2D eigenvalue weighted by atomic mass is 19.3.